The van der Waals surface area contributed by atoms with E-state index in [1.54, 1.807) is 0 Å². The number of aryl methyl sites for hydroxylation is 2. The third kappa shape index (κ3) is 2.71. The highest BCUT2D eigenvalue weighted by molar-refractivity contribution is 5.95. The molecule has 1 saturated heterocycles. The number of aromatic nitrogens is 2. The number of anilines is 1. The van der Waals surface area contributed by atoms with Crippen molar-refractivity contribution in [3.05, 3.63) is 47.8 Å². The topological polar surface area (TPSA) is 41.4 Å². The average molecular weight is 298 g/mol. The molecule has 0 spiro atoms. The number of hydrogen-bond acceptors (Lipinski definition) is 3. The van der Waals surface area contributed by atoms with Crippen LogP contribution in [0.1, 0.15) is 22.8 Å². The lowest BCUT2D eigenvalue weighted by Gasteiger charge is -2.35. The highest BCUT2D eigenvalue weighted by Gasteiger charge is 2.24. The van der Waals surface area contributed by atoms with Crippen molar-refractivity contribution in [2.45, 2.75) is 20.4 Å². The van der Waals surface area contributed by atoms with Crippen LogP contribution in [0.2, 0.25) is 0 Å². The van der Waals surface area contributed by atoms with E-state index in [9.17, 15) is 4.79 Å². The third-order valence-corrected chi connectivity index (χ3v) is 4.26. The van der Waals surface area contributed by atoms with E-state index in [0.717, 1.165) is 49.8 Å². The van der Waals surface area contributed by atoms with Gasteiger partial charge in [0.1, 0.15) is 0 Å². The van der Waals surface area contributed by atoms with Gasteiger partial charge in [0, 0.05) is 50.7 Å². The maximum absolute atomic E-state index is 12.6. The van der Waals surface area contributed by atoms with Gasteiger partial charge in [-0.15, -0.1) is 0 Å². The molecule has 1 aromatic carbocycles. The molecule has 0 bridgehead atoms. The molecule has 0 saturated carbocycles. The molecule has 2 aromatic rings. The Labute approximate surface area is 131 Å². The van der Waals surface area contributed by atoms with Gasteiger partial charge in [-0.3, -0.25) is 4.79 Å². The highest BCUT2D eigenvalue weighted by Crippen LogP contribution is 2.17. The lowest BCUT2D eigenvalue weighted by molar-refractivity contribution is 0.0745. The number of rotatable bonds is 3. The Morgan fingerprint density at radius 3 is 2.59 bits per heavy atom. The summed E-state index contributed by atoms with van der Waals surface area (Å²) in [5.74, 6) is 1.14. The van der Waals surface area contributed by atoms with Crippen LogP contribution >= 0.6 is 0 Å². The molecule has 1 aliphatic heterocycles. The van der Waals surface area contributed by atoms with E-state index in [1.165, 1.54) is 0 Å². The minimum Gasteiger partial charge on any atom is -0.339 e. The van der Waals surface area contributed by atoms with Gasteiger partial charge in [0.2, 0.25) is 5.95 Å². The summed E-state index contributed by atoms with van der Waals surface area (Å²) in [6.07, 6.45) is 3.84. The molecular formula is C17H22N4O. The first-order valence-electron chi connectivity index (χ1n) is 7.81. The first-order valence-corrected chi connectivity index (χ1v) is 7.81. The lowest BCUT2D eigenvalue weighted by atomic mass is 10.1. The SMILES string of the molecule is CCn1ccnc1N1CCN(C(=O)c2ccccc2C)CC1. The Kier molecular flexibility index (Phi) is 4.13. The Morgan fingerprint density at radius 2 is 1.91 bits per heavy atom. The molecule has 0 atom stereocenters. The van der Waals surface area contributed by atoms with Crippen LogP contribution in [0.3, 0.4) is 0 Å². The van der Waals surface area contributed by atoms with Gasteiger partial charge in [0.05, 0.1) is 0 Å². The smallest absolute Gasteiger partial charge is 0.254 e. The van der Waals surface area contributed by atoms with Crippen molar-refractivity contribution in [2.24, 2.45) is 0 Å². The fourth-order valence-electron chi connectivity index (χ4n) is 2.92. The van der Waals surface area contributed by atoms with Crippen LogP contribution in [0.4, 0.5) is 5.95 Å². The summed E-state index contributed by atoms with van der Waals surface area (Å²) in [4.78, 5) is 21.3. The zero-order valence-electron chi connectivity index (χ0n) is 13.2. The number of carbonyl (C=O) groups is 1. The maximum Gasteiger partial charge on any atom is 0.254 e. The fraction of sp³-hybridized carbons (Fsp3) is 0.412. The number of hydrogen-bond donors (Lipinski definition) is 0. The van der Waals surface area contributed by atoms with E-state index in [2.05, 4.69) is 21.4 Å². The molecule has 5 nitrogen and oxygen atoms in total. The van der Waals surface area contributed by atoms with Crippen LogP contribution in [0.5, 0.6) is 0 Å². The van der Waals surface area contributed by atoms with Crippen molar-refractivity contribution in [1.29, 1.82) is 0 Å². The van der Waals surface area contributed by atoms with Gasteiger partial charge in [0.25, 0.3) is 5.91 Å². The first kappa shape index (κ1) is 14.6. The molecular weight excluding hydrogens is 276 g/mol. The van der Waals surface area contributed by atoms with Crippen molar-refractivity contribution in [2.75, 3.05) is 31.1 Å². The minimum atomic E-state index is 0.136. The lowest BCUT2D eigenvalue weighted by Crippen LogP contribution is -2.49. The van der Waals surface area contributed by atoms with Crippen LogP contribution in [0.15, 0.2) is 36.7 Å². The van der Waals surface area contributed by atoms with E-state index in [0.29, 0.717) is 0 Å². The quantitative estimate of drug-likeness (QED) is 0.872. The van der Waals surface area contributed by atoms with E-state index >= 15 is 0 Å². The van der Waals surface area contributed by atoms with Gasteiger partial charge in [-0.25, -0.2) is 4.98 Å². The van der Waals surface area contributed by atoms with Gasteiger partial charge in [0.15, 0.2) is 0 Å². The molecule has 0 unspecified atom stereocenters. The van der Waals surface area contributed by atoms with E-state index in [-0.39, 0.29) is 5.91 Å². The summed E-state index contributed by atoms with van der Waals surface area (Å²) in [6.45, 7) is 8.15. The van der Waals surface area contributed by atoms with Crippen molar-refractivity contribution >= 4 is 11.9 Å². The maximum atomic E-state index is 12.6. The molecule has 1 fully saturated rings. The van der Waals surface area contributed by atoms with Gasteiger partial charge < -0.3 is 14.4 Å². The molecule has 22 heavy (non-hydrogen) atoms. The van der Waals surface area contributed by atoms with Crippen molar-refractivity contribution in [1.82, 2.24) is 14.5 Å². The van der Waals surface area contributed by atoms with Crippen LogP contribution in [0.25, 0.3) is 0 Å². The van der Waals surface area contributed by atoms with Gasteiger partial charge in [-0.1, -0.05) is 18.2 Å². The number of carbonyl (C=O) groups excluding carboxylic acids is 1. The van der Waals surface area contributed by atoms with Gasteiger partial charge in [-0.2, -0.15) is 0 Å². The normalized spacial score (nSPS) is 15.2. The zero-order valence-corrected chi connectivity index (χ0v) is 13.2. The first-order chi connectivity index (χ1) is 10.7. The summed E-state index contributed by atoms with van der Waals surface area (Å²) < 4.78 is 2.14. The molecule has 1 amide bonds. The third-order valence-electron chi connectivity index (χ3n) is 4.26. The van der Waals surface area contributed by atoms with Gasteiger partial charge in [-0.05, 0) is 25.5 Å². The molecule has 2 heterocycles. The largest absolute Gasteiger partial charge is 0.339 e. The standard InChI is InChI=1S/C17H22N4O/c1-3-19-9-8-18-17(19)21-12-10-20(11-13-21)16(22)15-7-5-4-6-14(15)2/h4-9H,3,10-13H2,1-2H3. The van der Waals surface area contributed by atoms with Crippen LogP contribution in [0, 0.1) is 6.92 Å². The summed E-state index contributed by atoms with van der Waals surface area (Å²) in [5.41, 5.74) is 1.85. The van der Waals surface area contributed by atoms with E-state index in [1.807, 2.05) is 48.5 Å². The Hall–Kier alpha value is -2.30. The van der Waals surface area contributed by atoms with Crippen LogP contribution in [-0.2, 0) is 6.54 Å². The van der Waals surface area contributed by atoms with E-state index < -0.39 is 0 Å². The fourth-order valence-corrected chi connectivity index (χ4v) is 2.92. The molecule has 5 heteroatoms. The summed E-state index contributed by atoms with van der Waals surface area (Å²) in [6, 6.07) is 7.79. The predicted molar refractivity (Wildman–Crippen MR) is 87.2 cm³/mol. The molecule has 0 aliphatic carbocycles. The minimum absolute atomic E-state index is 0.136. The Morgan fingerprint density at radius 1 is 1.18 bits per heavy atom. The van der Waals surface area contributed by atoms with Crippen LogP contribution in [-0.4, -0.2) is 46.5 Å². The van der Waals surface area contributed by atoms with Crippen molar-refractivity contribution in [3.63, 3.8) is 0 Å². The Balaban J connectivity index is 1.67. The summed E-state index contributed by atoms with van der Waals surface area (Å²) in [7, 11) is 0. The second-order valence-corrected chi connectivity index (χ2v) is 5.61. The molecule has 3 rings (SSSR count). The Bertz CT molecular complexity index is 656. The van der Waals surface area contributed by atoms with Crippen LogP contribution < -0.4 is 4.90 Å². The summed E-state index contributed by atoms with van der Waals surface area (Å²) >= 11 is 0. The summed E-state index contributed by atoms with van der Waals surface area (Å²) in [5, 5.41) is 0. The van der Waals surface area contributed by atoms with Gasteiger partial charge >= 0.3 is 0 Å². The molecule has 1 aliphatic rings. The second-order valence-electron chi connectivity index (χ2n) is 5.61. The highest BCUT2D eigenvalue weighted by atomic mass is 16.2. The number of imidazole rings is 1. The number of piperazine rings is 1. The molecule has 0 radical (unpaired) electrons. The van der Waals surface area contributed by atoms with Crippen molar-refractivity contribution < 1.29 is 4.79 Å². The molecule has 116 valence electrons. The average Bonchev–Trinajstić information content (AvgIpc) is 3.03. The predicted octanol–water partition coefficient (Wildman–Crippen LogP) is 2.17. The zero-order chi connectivity index (χ0) is 15.5. The number of amides is 1. The monoisotopic (exact) mass is 298 g/mol. The molecule has 1 aromatic heterocycles. The van der Waals surface area contributed by atoms with Crippen molar-refractivity contribution in [3.8, 4) is 0 Å². The second kappa shape index (κ2) is 6.22. The molecule has 0 N–H and O–H groups in total. The number of benzene rings is 1. The number of nitrogens with zero attached hydrogens (tertiary/aromatic N) is 4. The van der Waals surface area contributed by atoms with E-state index in [4.69, 9.17) is 0 Å².